The zero-order valence-corrected chi connectivity index (χ0v) is 18.0. The van der Waals surface area contributed by atoms with Gasteiger partial charge in [0.2, 0.25) is 5.95 Å². The van der Waals surface area contributed by atoms with E-state index >= 15 is 0 Å². The van der Waals surface area contributed by atoms with Crippen LogP contribution in [0.1, 0.15) is 29.8 Å². The zero-order valence-electron chi connectivity index (χ0n) is 17.1. The van der Waals surface area contributed by atoms with Crippen LogP contribution in [0.3, 0.4) is 0 Å². The van der Waals surface area contributed by atoms with Crippen LogP contribution >= 0.6 is 11.3 Å². The number of alkyl halides is 3. The van der Waals surface area contributed by atoms with E-state index in [4.69, 9.17) is 4.74 Å². The fraction of sp³-hybridized carbons (Fsp3) is 0.650. The van der Waals surface area contributed by atoms with E-state index in [0.717, 1.165) is 23.4 Å². The quantitative estimate of drug-likeness (QED) is 0.707. The van der Waals surface area contributed by atoms with Crippen LogP contribution in [0.25, 0.3) is 0 Å². The van der Waals surface area contributed by atoms with Crippen molar-refractivity contribution < 1.29 is 17.9 Å². The SMILES string of the molecule is Cc1ncsc1CCN1c2nc(N3C[C@@H]4CCC3CO4)cc(=O)n2CC[C@H]1C(F)(F)F. The molecule has 11 heteroatoms. The molecule has 6 rings (SSSR count). The van der Waals surface area contributed by atoms with Crippen LogP contribution in [0.2, 0.25) is 0 Å². The van der Waals surface area contributed by atoms with Gasteiger partial charge in [-0.05, 0) is 26.2 Å². The number of aromatic nitrogens is 3. The first-order valence-corrected chi connectivity index (χ1v) is 11.4. The van der Waals surface area contributed by atoms with Gasteiger partial charge in [-0.3, -0.25) is 9.36 Å². The summed E-state index contributed by atoms with van der Waals surface area (Å²) in [6, 6.07) is -0.0943. The third-order valence-corrected chi connectivity index (χ3v) is 7.51. The summed E-state index contributed by atoms with van der Waals surface area (Å²) in [6.07, 6.45) is -2.17. The summed E-state index contributed by atoms with van der Waals surface area (Å²) in [5.41, 5.74) is 2.22. The van der Waals surface area contributed by atoms with Crippen molar-refractivity contribution in [2.24, 2.45) is 0 Å². The van der Waals surface area contributed by atoms with Gasteiger partial charge in [0.1, 0.15) is 11.9 Å². The van der Waals surface area contributed by atoms with Crippen LogP contribution in [0.15, 0.2) is 16.4 Å². The Balaban J connectivity index is 1.51. The van der Waals surface area contributed by atoms with Crippen molar-refractivity contribution in [3.8, 4) is 0 Å². The number of piperidine rings is 1. The van der Waals surface area contributed by atoms with Crippen molar-refractivity contribution in [3.63, 3.8) is 0 Å². The van der Waals surface area contributed by atoms with Crippen molar-refractivity contribution in [2.75, 3.05) is 29.5 Å². The van der Waals surface area contributed by atoms with Gasteiger partial charge >= 0.3 is 6.18 Å². The van der Waals surface area contributed by atoms with Gasteiger partial charge in [0.25, 0.3) is 5.56 Å². The van der Waals surface area contributed by atoms with Crippen LogP contribution in [0, 0.1) is 6.92 Å². The van der Waals surface area contributed by atoms with Gasteiger partial charge in [0.15, 0.2) is 0 Å². The Morgan fingerprint density at radius 1 is 1.29 bits per heavy atom. The van der Waals surface area contributed by atoms with Crippen LogP contribution in [-0.2, 0) is 17.7 Å². The van der Waals surface area contributed by atoms with E-state index in [1.54, 1.807) is 5.51 Å². The molecule has 3 saturated heterocycles. The third-order valence-electron chi connectivity index (χ3n) is 6.52. The Morgan fingerprint density at radius 3 is 2.74 bits per heavy atom. The number of hydrogen-bond donors (Lipinski definition) is 0. The molecule has 4 aliphatic rings. The minimum absolute atomic E-state index is 0.0108. The van der Waals surface area contributed by atoms with E-state index in [9.17, 15) is 18.0 Å². The number of anilines is 2. The van der Waals surface area contributed by atoms with Crippen molar-refractivity contribution in [2.45, 2.75) is 63.5 Å². The third kappa shape index (κ3) is 3.82. The fourth-order valence-electron chi connectivity index (χ4n) is 4.82. The van der Waals surface area contributed by atoms with E-state index in [-0.39, 0.29) is 43.2 Å². The van der Waals surface area contributed by atoms with Gasteiger partial charge in [0.05, 0.1) is 30.0 Å². The highest BCUT2D eigenvalue weighted by Gasteiger charge is 2.47. The highest BCUT2D eigenvalue weighted by atomic mass is 32.1. The molecular weight excluding hydrogens is 431 g/mol. The molecule has 0 spiro atoms. The van der Waals surface area contributed by atoms with E-state index in [1.165, 1.54) is 26.9 Å². The summed E-state index contributed by atoms with van der Waals surface area (Å²) in [4.78, 5) is 25.9. The number of ether oxygens (including phenoxy) is 1. The minimum Gasteiger partial charge on any atom is -0.374 e. The summed E-state index contributed by atoms with van der Waals surface area (Å²) in [5, 5.41) is 0. The Labute approximate surface area is 181 Å². The monoisotopic (exact) mass is 455 g/mol. The lowest BCUT2D eigenvalue weighted by Crippen LogP contribution is -2.56. The second-order valence-electron chi connectivity index (χ2n) is 8.39. The zero-order chi connectivity index (χ0) is 21.8. The molecular formula is C20H24F3N5O2S. The lowest BCUT2D eigenvalue weighted by Gasteiger charge is -2.46. The summed E-state index contributed by atoms with van der Waals surface area (Å²) < 4.78 is 48.9. The Kier molecular flexibility index (Phi) is 5.20. The molecule has 0 saturated carbocycles. The smallest absolute Gasteiger partial charge is 0.374 e. The van der Waals surface area contributed by atoms with Crippen LogP contribution in [-0.4, -0.2) is 58.6 Å². The maximum atomic E-state index is 13.9. The van der Waals surface area contributed by atoms with E-state index in [0.29, 0.717) is 25.4 Å². The van der Waals surface area contributed by atoms with Crippen molar-refractivity contribution in [3.05, 3.63) is 32.5 Å². The molecule has 0 amide bonds. The Hall–Kier alpha value is -2.14. The standard InChI is InChI=1S/C20H24F3N5O2S/c1-12-15(31-11-24-12)4-6-26-16(20(21,22)23)5-7-27-18(29)8-17(25-19(26)27)28-9-14-3-2-13(28)10-30-14/h8,11,13-14,16H,2-7,9-10H2,1H3/t13?,14-,16-/m0/s1. The number of halogens is 3. The van der Waals surface area contributed by atoms with Gasteiger partial charge in [-0.15, -0.1) is 11.3 Å². The highest BCUT2D eigenvalue weighted by molar-refractivity contribution is 7.09. The van der Waals surface area contributed by atoms with E-state index in [1.807, 2.05) is 11.8 Å². The Morgan fingerprint density at radius 2 is 2.13 bits per heavy atom. The van der Waals surface area contributed by atoms with Gasteiger partial charge in [-0.25, -0.2) is 4.98 Å². The average Bonchev–Trinajstić information content (AvgIpc) is 3.16. The number of morpholine rings is 1. The average molecular weight is 456 g/mol. The number of hydrogen-bond acceptors (Lipinski definition) is 7. The summed E-state index contributed by atoms with van der Waals surface area (Å²) >= 11 is 1.44. The topological polar surface area (TPSA) is 63.5 Å². The Bertz CT molecular complexity index is 1010. The number of aryl methyl sites for hydroxylation is 1. The summed E-state index contributed by atoms with van der Waals surface area (Å²) in [5.74, 6) is 0.566. The molecule has 0 N–H and O–H groups in total. The first-order chi connectivity index (χ1) is 14.8. The van der Waals surface area contributed by atoms with Crippen LogP contribution in [0.4, 0.5) is 24.9 Å². The molecule has 2 aromatic rings. The van der Waals surface area contributed by atoms with Crippen molar-refractivity contribution in [1.82, 2.24) is 14.5 Å². The fourth-order valence-corrected chi connectivity index (χ4v) is 5.59. The lowest BCUT2D eigenvalue weighted by atomic mass is 9.97. The molecule has 168 valence electrons. The van der Waals surface area contributed by atoms with Gasteiger partial charge in [-0.1, -0.05) is 0 Å². The molecule has 2 bridgehead atoms. The molecule has 3 atom stereocenters. The largest absolute Gasteiger partial charge is 0.408 e. The maximum Gasteiger partial charge on any atom is 0.408 e. The van der Waals surface area contributed by atoms with Crippen molar-refractivity contribution in [1.29, 1.82) is 0 Å². The normalized spacial score (nSPS) is 25.7. The highest BCUT2D eigenvalue weighted by Crippen LogP contribution is 2.36. The second-order valence-corrected chi connectivity index (χ2v) is 9.33. The summed E-state index contributed by atoms with van der Waals surface area (Å²) in [6.45, 7) is 3.16. The number of fused-ring (bicyclic) bond motifs is 4. The summed E-state index contributed by atoms with van der Waals surface area (Å²) in [7, 11) is 0. The molecule has 3 fully saturated rings. The van der Waals surface area contributed by atoms with Gasteiger partial charge in [0, 0.05) is 37.0 Å². The van der Waals surface area contributed by atoms with Crippen LogP contribution < -0.4 is 15.4 Å². The number of nitrogens with zero attached hydrogens (tertiary/aromatic N) is 5. The number of thiazole rings is 1. The molecule has 6 heterocycles. The molecule has 1 unspecified atom stereocenters. The molecule has 2 aromatic heterocycles. The predicted molar refractivity (Wildman–Crippen MR) is 111 cm³/mol. The van der Waals surface area contributed by atoms with E-state index in [2.05, 4.69) is 9.97 Å². The molecule has 4 aliphatic heterocycles. The van der Waals surface area contributed by atoms with Crippen molar-refractivity contribution >= 4 is 23.1 Å². The predicted octanol–water partition coefficient (Wildman–Crippen LogP) is 2.76. The maximum absolute atomic E-state index is 13.9. The van der Waals surface area contributed by atoms with Gasteiger partial charge < -0.3 is 14.5 Å². The molecule has 7 nitrogen and oxygen atoms in total. The van der Waals surface area contributed by atoms with Gasteiger partial charge in [-0.2, -0.15) is 18.2 Å². The molecule has 0 aromatic carbocycles. The molecule has 31 heavy (non-hydrogen) atoms. The molecule has 0 radical (unpaired) electrons. The minimum atomic E-state index is -4.40. The lowest BCUT2D eigenvalue weighted by molar-refractivity contribution is -0.152. The van der Waals surface area contributed by atoms with E-state index < -0.39 is 12.2 Å². The second kappa shape index (κ2) is 7.77. The first-order valence-electron chi connectivity index (χ1n) is 10.5. The molecule has 0 aliphatic carbocycles. The number of rotatable bonds is 4. The first kappa shape index (κ1) is 20.7. The van der Waals surface area contributed by atoms with Crippen LogP contribution in [0.5, 0.6) is 0 Å².